The maximum Gasteiger partial charge on any atom is 0.305 e. The highest BCUT2D eigenvalue weighted by Crippen LogP contribution is 2.07. The Labute approximate surface area is 127 Å². The van der Waals surface area contributed by atoms with Crippen LogP contribution in [0.1, 0.15) is 64.2 Å². The molecule has 0 aromatic carbocycles. The van der Waals surface area contributed by atoms with E-state index in [2.05, 4.69) is 6.58 Å². The van der Waals surface area contributed by atoms with E-state index in [0.29, 0.717) is 26.1 Å². The van der Waals surface area contributed by atoms with Gasteiger partial charge in [-0.3, -0.25) is 9.59 Å². The van der Waals surface area contributed by atoms with E-state index in [1.165, 1.54) is 6.26 Å². The lowest BCUT2D eigenvalue weighted by atomic mass is 10.1. The summed E-state index contributed by atoms with van der Waals surface area (Å²) in [6.45, 7) is 4.66. The maximum atomic E-state index is 11.4. The van der Waals surface area contributed by atoms with Crippen molar-refractivity contribution in [2.45, 2.75) is 64.2 Å². The van der Waals surface area contributed by atoms with Crippen LogP contribution < -0.4 is 0 Å². The predicted octanol–water partition coefficient (Wildman–Crippen LogP) is 3.68. The second kappa shape index (κ2) is 14.9. The molecule has 0 fully saturated rings. The normalized spacial score (nSPS) is 10.1. The van der Waals surface area contributed by atoms with Gasteiger partial charge in [0.05, 0.1) is 19.5 Å². The molecule has 0 bridgehead atoms. The quantitative estimate of drug-likeness (QED) is 0.284. The first-order valence-corrected chi connectivity index (χ1v) is 7.76. The molecule has 0 atom stereocenters. The molecule has 5 heteroatoms. The third-order valence-corrected chi connectivity index (χ3v) is 3.06. The van der Waals surface area contributed by atoms with Crippen LogP contribution in [0.2, 0.25) is 0 Å². The molecule has 0 saturated carbocycles. The lowest BCUT2D eigenvalue weighted by Gasteiger charge is -2.05. The summed E-state index contributed by atoms with van der Waals surface area (Å²) >= 11 is 0. The van der Waals surface area contributed by atoms with Gasteiger partial charge in [-0.25, -0.2) is 0 Å². The number of unbranched alkanes of at least 4 members (excludes halogenated alkanes) is 6. The van der Waals surface area contributed by atoms with Crippen LogP contribution in [-0.2, 0) is 19.1 Å². The van der Waals surface area contributed by atoms with Crippen molar-refractivity contribution in [3.63, 3.8) is 0 Å². The fourth-order valence-electron chi connectivity index (χ4n) is 1.88. The van der Waals surface area contributed by atoms with E-state index in [1.807, 2.05) is 0 Å². The Morgan fingerprint density at radius 2 is 1.43 bits per heavy atom. The highest BCUT2D eigenvalue weighted by Gasteiger charge is 2.03. The molecule has 122 valence electrons. The third-order valence-electron chi connectivity index (χ3n) is 3.06. The van der Waals surface area contributed by atoms with Gasteiger partial charge in [-0.05, 0) is 38.5 Å². The van der Waals surface area contributed by atoms with Crippen LogP contribution >= 0.6 is 0 Å². The number of carboxylic acids is 1. The van der Waals surface area contributed by atoms with Crippen molar-refractivity contribution in [1.29, 1.82) is 0 Å². The van der Waals surface area contributed by atoms with E-state index in [-0.39, 0.29) is 12.4 Å². The molecule has 0 aromatic rings. The third kappa shape index (κ3) is 16.4. The second-order valence-corrected chi connectivity index (χ2v) is 4.98. The van der Waals surface area contributed by atoms with E-state index in [1.54, 1.807) is 0 Å². The number of aliphatic carboxylic acids is 1. The highest BCUT2D eigenvalue weighted by molar-refractivity contribution is 5.69. The number of carboxylic acid groups (broad SMARTS) is 1. The van der Waals surface area contributed by atoms with Crippen LogP contribution in [0.5, 0.6) is 0 Å². The molecule has 21 heavy (non-hydrogen) atoms. The van der Waals surface area contributed by atoms with Gasteiger partial charge in [0.1, 0.15) is 0 Å². The molecule has 0 radical (unpaired) electrons. The van der Waals surface area contributed by atoms with E-state index in [9.17, 15) is 9.59 Å². The smallest absolute Gasteiger partial charge is 0.305 e. The van der Waals surface area contributed by atoms with Crippen LogP contribution in [0.3, 0.4) is 0 Å². The van der Waals surface area contributed by atoms with E-state index in [0.717, 1.165) is 44.9 Å². The lowest BCUT2D eigenvalue weighted by molar-refractivity contribution is -0.144. The lowest BCUT2D eigenvalue weighted by Crippen LogP contribution is -2.05. The molecule has 0 saturated heterocycles. The number of esters is 1. The monoisotopic (exact) mass is 300 g/mol. The molecule has 0 amide bonds. The molecule has 0 spiro atoms. The number of ether oxygens (including phenoxy) is 2. The zero-order chi connectivity index (χ0) is 15.8. The summed E-state index contributed by atoms with van der Waals surface area (Å²) in [5.41, 5.74) is 0. The van der Waals surface area contributed by atoms with Crippen LogP contribution in [0.15, 0.2) is 12.8 Å². The van der Waals surface area contributed by atoms with Crippen LogP contribution in [-0.4, -0.2) is 30.3 Å². The minimum atomic E-state index is -0.759. The Bertz CT molecular complexity index is 288. The predicted molar refractivity (Wildman–Crippen MR) is 80.9 cm³/mol. The molecule has 0 aliphatic rings. The van der Waals surface area contributed by atoms with Gasteiger partial charge in [-0.15, -0.1) is 0 Å². The van der Waals surface area contributed by atoms with Crippen molar-refractivity contribution >= 4 is 11.9 Å². The first-order chi connectivity index (χ1) is 10.2. The number of hydrogen-bond donors (Lipinski definition) is 1. The number of hydrogen-bond acceptors (Lipinski definition) is 4. The Balaban J connectivity index is 3.20. The summed E-state index contributed by atoms with van der Waals surface area (Å²) in [5.74, 6) is -0.909. The molecule has 0 aromatic heterocycles. The topological polar surface area (TPSA) is 72.8 Å². The Hall–Kier alpha value is -1.52. The first-order valence-electron chi connectivity index (χ1n) is 7.76. The van der Waals surface area contributed by atoms with Gasteiger partial charge in [0.15, 0.2) is 0 Å². The number of carbonyl (C=O) groups is 2. The van der Waals surface area contributed by atoms with Crippen molar-refractivity contribution in [2.24, 2.45) is 0 Å². The molecule has 0 aliphatic heterocycles. The molecule has 0 unspecified atom stereocenters. The largest absolute Gasteiger partial charge is 0.502 e. The van der Waals surface area contributed by atoms with Crippen LogP contribution in [0, 0.1) is 0 Å². The van der Waals surface area contributed by atoms with Gasteiger partial charge in [-0.2, -0.15) is 0 Å². The molecule has 0 rings (SSSR count). The van der Waals surface area contributed by atoms with E-state index >= 15 is 0 Å². The number of carbonyl (C=O) groups excluding carboxylic acids is 1. The van der Waals surface area contributed by atoms with Gasteiger partial charge < -0.3 is 14.6 Å². The van der Waals surface area contributed by atoms with Crippen molar-refractivity contribution in [1.82, 2.24) is 0 Å². The minimum absolute atomic E-state index is 0.150. The van der Waals surface area contributed by atoms with Crippen molar-refractivity contribution in [2.75, 3.05) is 13.2 Å². The standard InChI is InChI=1S/C16H28O5/c1-2-20-13-9-5-6-10-14-21-16(19)12-8-4-3-7-11-15(17)18/h2H,1,3-14H2,(H,17,18). The average Bonchev–Trinajstić information content (AvgIpc) is 2.45. The summed E-state index contributed by atoms with van der Waals surface area (Å²) in [4.78, 5) is 21.7. The van der Waals surface area contributed by atoms with Crippen LogP contribution in [0.25, 0.3) is 0 Å². The fourth-order valence-corrected chi connectivity index (χ4v) is 1.88. The van der Waals surface area contributed by atoms with Gasteiger partial charge in [0, 0.05) is 12.8 Å². The summed E-state index contributed by atoms with van der Waals surface area (Å²) in [6.07, 6.45) is 9.26. The molecular weight excluding hydrogens is 272 g/mol. The van der Waals surface area contributed by atoms with Gasteiger partial charge in [0.2, 0.25) is 0 Å². The second-order valence-electron chi connectivity index (χ2n) is 4.98. The Morgan fingerprint density at radius 1 is 0.857 bits per heavy atom. The Kier molecular flexibility index (Phi) is 13.8. The maximum absolute atomic E-state index is 11.4. The molecule has 1 N–H and O–H groups in total. The van der Waals surface area contributed by atoms with E-state index in [4.69, 9.17) is 14.6 Å². The molecule has 0 heterocycles. The average molecular weight is 300 g/mol. The van der Waals surface area contributed by atoms with Gasteiger partial charge in [-0.1, -0.05) is 19.4 Å². The molecular formula is C16H28O5. The van der Waals surface area contributed by atoms with Gasteiger partial charge in [0.25, 0.3) is 0 Å². The molecule has 0 aliphatic carbocycles. The zero-order valence-corrected chi connectivity index (χ0v) is 12.8. The van der Waals surface area contributed by atoms with E-state index < -0.39 is 5.97 Å². The SMILES string of the molecule is C=COCCCCCCOC(=O)CCCCCCC(=O)O. The van der Waals surface area contributed by atoms with Gasteiger partial charge >= 0.3 is 11.9 Å². The van der Waals surface area contributed by atoms with Crippen molar-refractivity contribution in [3.05, 3.63) is 12.8 Å². The van der Waals surface area contributed by atoms with Crippen molar-refractivity contribution < 1.29 is 24.2 Å². The summed E-state index contributed by atoms with van der Waals surface area (Å²) in [6, 6.07) is 0. The minimum Gasteiger partial charge on any atom is -0.502 e. The zero-order valence-electron chi connectivity index (χ0n) is 12.8. The summed E-state index contributed by atoms with van der Waals surface area (Å²) in [7, 11) is 0. The summed E-state index contributed by atoms with van der Waals surface area (Å²) < 4.78 is 10.1. The molecule has 5 nitrogen and oxygen atoms in total. The highest BCUT2D eigenvalue weighted by atomic mass is 16.5. The van der Waals surface area contributed by atoms with Crippen molar-refractivity contribution in [3.8, 4) is 0 Å². The fraction of sp³-hybridized carbons (Fsp3) is 0.750. The Morgan fingerprint density at radius 3 is 2.05 bits per heavy atom. The number of rotatable bonds is 15. The first kappa shape index (κ1) is 19.5. The summed E-state index contributed by atoms with van der Waals surface area (Å²) in [5, 5.41) is 8.47. The van der Waals surface area contributed by atoms with Crippen LogP contribution in [0.4, 0.5) is 0 Å².